The van der Waals surface area contributed by atoms with E-state index in [0.717, 1.165) is 17.4 Å². The Morgan fingerprint density at radius 1 is 1.11 bits per heavy atom. The highest BCUT2D eigenvalue weighted by molar-refractivity contribution is 7.91. The van der Waals surface area contributed by atoms with Gasteiger partial charge in [-0.25, -0.2) is 8.42 Å². The molecule has 2 heterocycles. The number of carbonyl (C=O) groups is 1. The average Bonchev–Trinajstić information content (AvgIpc) is 3.08. The molecule has 0 N–H and O–H groups in total. The van der Waals surface area contributed by atoms with Crippen molar-refractivity contribution in [3.05, 3.63) is 55.4 Å². The summed E-state index contributed by atoms with van der Waals surface area (Å²) in [6, 6.07) is 6.81. The number of hydrogen-bond donors (Lipinski definition) is 0. The first-order valence-corrected chi connectivity index (χ1v) is 10.7. The predicted octanol–water partition coefficient (Wildman–Crippen LogP) is 3.11. The van der Waals surface area contributed by atoms with Gasteiger partial charge in [0.15, 0.2) is 0 Å². The second kappa shape index (κ2) is 7.72. The molecule has 12 heteroatoms. The van der Waals surface area contributed by atoms with Crippen LogP contribution in [0.1, 0.15) is 10.4 Å². The van der Waals surface area contributed by atoms with Crippen molar-refractivity contribution in [2.45, 2.75) is 4.21 Å². The monoisotopic (exact) mass is 449 g/mol. The molecular weight excluding hydrogens is 437 g/mol. The lowest BCUT2D eigenvalue weighted by Gasteiger charge is -2.33. The molecule has 0 unspecified atom stereocenters. The quantitative estimate of drug-likeness (QED) is 0.526. The van der Waals surface area contributed by atoms with Crippen LogP contribution in [0.25, 0.3) is 0 Å². The number of nitro benzene ring substituents is 1. The van der Waals surface area contributed by atoms with E-state index in [-0.39, 0.29) is 46.7 Å². The van der Waals surface area contributed by atoms with Gasteiger partial charge >= 0.3 is 0 Å². The summed E-state index contributed by atoms with van der Waals surface area (Å²) in [5.41, 5.74) is -0.217. The number of thiophene rings is 1. The highest BCUT2D eigenvalue weighted by atomic mass is 35.5. The molecule has 27 heavy (non-hydrogen) atoms. The highest BCUT2D eigenvalue weighted by Gasteiger charge is 2.31. The van der Waals surface area contributed by atoms with Crippen LogP contribution >= 0.6 is 34.5 Å². The maximum Gasteiger partial charge on any atom is 0.288 e. The van der Waals surface area contributed by atoms with Crippen molar-refractivity contribution in [1.82, 2.24) is 9.21 Å². The van der Waals surface area contributed by atoms with E-state index >= 15 is 0 Å². The van der Waals surface area contributed by atoms with E-state index in [4.69, 9.17) is 23.2 Å². The van der Waals surface area contributed by atoms with Crippen molar-refractivity contribution in [3.63, 3.8) is 0 Å². The Labute approximate surface area is 169 Å². The zero-order valence-corrected chi connectivity index (χ0v) is 16.8. The molecule has 1 fully saturated rings. The lowest BCUT2D eigenvalue weighted by molar-refractivity contribution is -0.384. The summed E-state index contributed by atoms with van der Waals surface area (Å²) in [5, 5.41) is 10.9. The minimum atomic E-state index is -3.66. The van der Waals surface area contributed by atoms with Crippen LogP contribution < -0.4 is 0 Å². The number of carbonyl (C=O) groups excluding carboxylic acids is 1. The fraction of sp³-hybridized carbons (Fsp3) is 0.267. The number of hydrogen-bond acceptors (Lipinski definition) is 6. The third-order valence-corrected chi connectivity index (χ3v) is 7.98. The fourth-order valence-corrected chi connectivity index (χ4v) is 5.91. The van der Waals surface area contributed by atoms with Crippen LogP contribution in [-0.2, 0) is 10.0 Å². The zero-order chi connectivity index (χ0) is 19.8. The van der Waals surface area contributed by atoms with Crippen molar-refractivity contribution < 1.29 is 18.1 Å². The van der Waals surface area contributed by atoms with Gasteiger partial charge in [-0.3, -0.25) is 14.9 Å². The molecule has 2 aromatic rings. The first kappa shape index (κ1) is 20.0. The van der Waals surface area contributed by atoms with Gasteiger partial charge in [0.1, 0.15) is 9.23 Å². The van der Waals surface area contributed by atoms with Crippen molar-refractivity contribution in [2.24, 2.45) is 0 Å². The first-order chi connectivity index (χ1) is 12.7. The Balaban J connectivity index is 1.71. The minimum Gasteiger partial charge on any atom is -0.336 e. The summed E-state index contributed by atoms with van der Waals surface area (Å²) in [4.78, 5) is 24.4. The molecule has 3 rings (SSSR count). The van der Waals surface area contributed by atoms with Gasteiger partial charge in [0.25, 0.3) is 21.6 Å². The van der Waals surface area contributed by atoms with Crippen molar-refractivity contribution in [1.29, 1.82) is 0 Å². The van der Waals surface area contributed by atoms with Gasteiger partial charge in [-0.2, -0.15) is 4.31 Å². The maximum absolute atomic E-state index is 12.6. The third kappa shape index (κ3) is 4.09. The molecule has 0 atom stereocenters. The Morgan fingerprint density at radius 2 is 1.78 bits per heavy atom. The molecule has 0 aliphatic carbocycles. The van der Waals surface area contributed by atoms with Crippen molar-refractivity contribution in [2.75, 3.05) is 26.2 Å². The second-order valence-electron chi connectivity index (χ2n) is 5.68. The average molecular weight is 450 g/mol. The predicted molar refractivity (Wildman–Crippen MR) is 102 cm³/mol. The molecule has 0 radical (unpaired) electrons. The number of halogens is 2. The Kier molecular flexibility index (Phi) is 5.73. The van der Waals surface area contributed by atoms with Crippen LogP contribution in [0.5, 0.6) is 0 Å². The highest BCUT2D eigenvalue weighted by Crippen LogP contribution is 2.29. The zero-order valence-electron chi connectivity index (χ0n) is 13.7. The molecule has 0 bridgehead atoms. The van der Waals surface area contributed by atoms with E-state index in [2.05, 4.69) is 0 Å². The number of sulfonamides is 1. The molecule has 1 aliphatic rings. The van der Waals surface area contributed by atoms with Gasteiger partial charge < -0.3 is 4.90 Å². The topological polar surface area (TPSA) is 101 Å². The van der Waals surface area contributed by atoms with Crippen LogP contribution in [-0.4, -0.2) is 54.6 Å². The Bertz CT molecular complexity index is 1000. The second-order valence-corrected chi connectivity index (χ2v) is 9.97. The maximum atomic E-state index is 12.6. The number of piperazine rings is 1. The van der Waals surface area contributed by atoms with E-state index in [1.807, 2.05) is 0 Å². The van der Waals surface area contributed by atoms with Crippen LogP contribution in [0.3, 0.4) is 0 Å². The SMILES string of the molecule is O=C(c1ccc(Cl)c([N+](=O)[O-])c1)N1CCN(S(=O)(=O)c2ccc(Cl)s2)CC1. The molecule has 0 saturated carbocycles. The van der Waals surface area contributed by atoms with E-state index < -0.39 is 20.9 Å². The normalized spacial score (nSPS) is 15.7. The molecule has 1 aliphatic heterocycles. The van der Waals surface area contributed by atoms with Gasteiger partial charge in [0.05, 0.1) is 9.26 Å². The lowest BCUT2D eigenvalue weighted by Crippen LogP contribution is -2.50. The molecule has 1 aromatic heterocycles. The van der Waals surface area contributed by atoms with Crippen LogP contribution in [0.15, 0.2) is 34.5 Å². The van der Waals surface area contributed by atoms with Crippen LogP contribution in [0.4, 0.5) is 5.69 Å². The summed E-state index contributed by atoms with van der Waals surface area (Å²) < 4.78 is 27.0. The van der Waals surface area contributed by atoms with Crippen molar-refractivity contribution in [3.8, 4) is 0 Å². The van der Waals surface area contributed by atoms with Gasteiger partial charge in [0.2, 0.25) is 0 Å². The number of benzene rings is 1. The number of amides is 1. The van der Waals surface area contributed by atoms with Gasteiger partial charge in [0, 0.05) is 37.8 Å². The number of nitrogens with zero attached hydrogens (tertiary/aromatic N) is 3. The van der Waals surface area contributed by atoms with Crippen molar-refractivity contribution >= 4 is 56.2 Å². The molecule has 8 nitrogen and oxygen atoms in total. The van der Waals surface area contributed by atoms with Gasteiger partial charge in [-0.05, 0) is 24.3 Å². The molecular formula is C15H13Cl2N3O5S2. The summed E-state index contributed by atoms with van der Waals surface area (Å²) in [6.07, 6.45) is 0. The summed E-state index contributed by atoms with van der Waals surface area (Å²) >= 11 is 12.5. The molecule has 1 amide bonds. The minimum absolute atomic E-state index is 0.0536. The third-order valence-electron chi connectivity index (χ3n) is 4.06. The Hall–Kier alpha value is -1.72. The fourth-order valence-electron chi connectivity index (χ4n) is 2.66. The van der Waals surface area contributed by atoms with E-state index in [1.54, 1.807) is 0 Å². The van der Waals surface area contributed by atoms with Crippen LogP contribution in [0, 0.1) is 10.1 Å². The number of rotatable bonds is 4. The largest absolute Gasteiger partial charge is 0.336 e. The standard InChI is InChI=1S/C15H13Cl2N3O5S2/c16-11-2-1-10(9-12(11)20(22)23)15(21)18-5-7-19(8-6-18)27(24,25)14-4-3-13(17)26-14/h1-4,9H,5-8H2. The Morgan fingerprint density at radius 3 is 2.33 bits per heavy atom. The smallest absolute Gasteiger partial charge is 0.288 e. The van der Waals surface area contributed by atoms with Gasteiger partial charge in [-0.15, -0.1) is 11.3 Å². The van der Waals surface area contributed by atoms with Gasteiger partial charge in [-0.1, -0.05) is 23.2 Å². The number of nitro groups is 1. The molecule has 1 aromatic carbocycles. The van der Waals surface area contributed by atoms with E-state index in [1.165, 1.54) is 33.5 Å². The molecule has 144 valence electrons. The summed E-state index contributed by atoms with van der Waals surface area (Å²) in [6.45, 7) is 0.597. The first-order valence-electron chi connectivity index (χ1n) is 7.69. The van der Waals surface area contributed by atoms with E-state index in [9.17, 15) is 23.3 Å². The van der Waals surface area contributed by atoms with E-state index in [0.29, 0.717) is 4.34 Å². The molecule has 0 spiro atoms. The summed E-state index contributed by atoms with van der Waals surface area (Å²) in [7, 11) is -3.66. The van der Waals surface area contributed by atoms with Crippen LogP contribution in [0.2, 0.25) is 9.36 Å². The lowest BCUT2D eigenvalue weighted by atomic mass is 10.1. The summed E-state index contributed by atoms with van der Waals surface area (Å²) in [5.74, 6) is -0.411. The molecule has 1 saturated heterocycles.